The van der Waals surface area contributed by atoms with Crippen molar-refractivity contribution in [1.82, 2.24) is 0 Å². The van der Waals surface area contributed by atoms with Crippen LogP contribution in [0.15, 0.2) is 47.1 Å². The first-order valence-corrected chi connectivity index (χ1v) is 6.38. The molecule has 5 heteroatoms. The van der Waals surface area contributed by atoms with Crippen LogP contribution in [-0.2, 0) is 19.9 Å². The molecule has 0 saturated carbocycles. The summed E-state index contributed by atoms with van der Waals surface area (Å²) < 4.78 is 10.9. The Labute approximate surface area is 114 Å². The van der Waals surface area contributed by atoms with Crippen molar-refractivity contribution in [3.05, 3.63) is 54.0 Å². The zero-order chi connectivity index (χ0) is 13.7. The Bertz CT molecular complexity index is 706. The molecule has 100 valence electrons. The Balaban J connectivity index is 1.94. The number of nitrogens with one attached hydrogen (secondary N) is 1. The summed E-state index contributed by atoms with van der Waals surface area (Å²) in [6.45, 7) is 0. The van der Waals surface area contributed by atoms with Crippen molar-refractivity contribution in [1.29, 1.82) is 0 Å². The van der Waals surface area contributed by atoms with Crippen molar-refractivity contribution >= 4 is 17.6 Å². The molecule has 20 heavy (non-hydrogen) atoms. The second-order valence-corrected chi connectivity index (χ2v) is 4.98. The zero-order valence-corrected chi connectivity index (χ0v) is 10.5. The van der Waals surface area contributed by atoms with E-state index in [0.29, 0.717) is 17.0 Å². The average molecular weight is 269 g/mol. The van der Waals surface area contributed by atoms with Gasteiger partial charge in [0.25, 0.3) is 5.91 Å². The quantitative estimate of drug-likeness (QED) is 0.805. The van der Waals surface area contributed by atoms with Crippen molar-refractivity contribution in [3.8, 4) is 0 Å². The molecule has 4 rings (SSSR count). The number of anilines is 1. The number of rotatable bonds is 1. The van der Waals surface area contributed by atoms with Gasteiger partial charge in [-0.2, -0.15) is 0 Å². The van der Waals surface area contributed by atoms with Gasteiger partial charge in [-0.25, -0.2) is 0 Å². The summed E-state index contributed by atoms with van der Waals surface area (Å²) in [7, 11) is 0. The van der Waals surface area contributed by atoms with Gasteiger partial charge in [0.15, 0.2) is 0 Å². The molecule has 1 N–H and O–H groups in total. The number of hydrogen-bond donors (Lipinski definition) is 1. The highest BCUT2D eigenvalue weighted by Crippen LogP contribution is 2.53. The van der Waals surface area contributed by atoms with Gasteiger partial charge in [-0.15, -0.1) is 0 Å². The van der Waals surface area contributed by atoms with Crippen LogP contribution in [0, 0.1) is 0 Å². The van der Waals surface area contributed by atoms with E-state index in [-0.39, 0.29) is 12.3 Å². The van der Waals surface area contributed by atoms with Crippen LogP contribution in [0.1, 0.15) is 23.7 Å². The Morgan fingerprint density at radius 3 is 2.80 bits per heavy atom. The molecular weight excluding hydrogens is 258 g/mol. The van der Waals surface area contributed by atoms with Gasteiger partial charge in [0.2, 0.25) is 5.60 Å². The average Bonchev–Trinajstić information content (AvgIpc) is 3.11. The summed E-state index contributed by atoms with van der Waals surface area (Å²) in [6, 6.07) is 10.8. The topological polar surface area (TPSA) is 68.5 Å². The molecule has 2 aromatic rings. The lowest BCUT2D eigenvalue weighted by atomic mass is 9.81. The standard InChI is InChI=1S/C15H11NO4/c17-13-8-10(12-6-3-7-19-12)15(20-13)9-4-1-2-5-11(9)16-14(15)18/h1-7,10H,8H2,(H,16,18)/t10-,15+/m0/s1. The summed E-state index contributed by atoms with van der Waals surface area (Å²) in [5.74, 6) is -0.555. The van der Waals surface area contributed by atoms with Gasteiger partial charge < -0.3 is 14.5 Å². The third-order valence-electron chi connectivity index (χ3n) is 3.94. The first-order chi connectivity index (χ1) is 9.72. The second kappa shape index (κ2) is 3.72. The molecule has 0 bridgehead atoms. The lowest BCUT2D eigenvalue weighted by molar-refractivity contribution is -0.157. The summed E-state index contributed by atoms with van der Waals surface area (Å²) >= 11 is 0. The molecule has 1 aromatic heterocycles. The summed E-state index contributed by atoms with van der Waals surface area (Å²) in [6.07, 6.45) is 1.67. The highest BCUT2D eigenvalue weighted by atomic mass is 16.6. The fraction of sp³-hybridized carbons (Fsp3) is 0.200. The maximum atomic E-state index is 12.5. The number of furan rings is 1. The van der Waals surface area contributed by atoms with Crippen LogP contribution in [-0.4, -0.2) is 11.9 Å². The lowest BCUT2D eigenvalue weighted by Crippen LogP contribution is -2.38. The van der Waals surface area contributed by atoms with E-state index in [2.05, 4.69) is 5.32 Å². The number of fused-ring (bicyclic) bond motifs is 2. The van der Waals surface area contributed by atoms with E-state index in [1.165, 1.54) is 6.26 Å². The van der Waals surface area contributed by atoms with E-state index in [1.807, 2.05) is 18.2 Å². The molecule has 1 fully saturated rings. The van der Waals surface area contributed by atoms with Crippen LogP contribution in [0.25, 0.3) is 0 Å². The van der Waals surface area contributed by atoms with Crippen molar-refractivity contribution < 1.29 is 18.7 Å². The van der Waals surface area contributed by atoms with Gasteiger partial charge in [-0.05, 0) is 18.2 Å². The van der Waals surface area contributed by atoms with E-state index < -0.39 is 17.5 Å². The Morgan fingerprint density at radius 2 is 2.00 bits per heavy atom. The van der Waals surface area contributed by atoms with Crippen LogP contribution in [0.4, 0.5) is 5.69 Å². The molecule has 1 amide bonds. The van der Waals surface area contributed by atoms with Crippen molar-refractivity contribution in [2.45, 2.75) is 17.9 Å². The Kier molecular flexibility index (Phi) is 2.10. The Morgan fingerprint density at radius 1 is 1.15 bits per heavy atom. The minimum Gasteiger partial charge on any atom is -0.469 e. The summed E-state index contributed by atoms with van der Waals surface area (Å²) in [5, 5.41) is 2.78. The number of para-hydroxylation sites is 1. The number of hydrogen-bond acceptors (Lipinski definition) is 4. The van der Waals surface area contributed by atoms with Crippen LogP contribution in [0.2, 0.25) is 0 Å². The molecule has 0 aliphatic carbocycles. The highest BCUT2D eigenvalue weighted by molar-refractivity contribution is 6.08. The second-order valence-electron chi connectivity index (χ2n) is 4.98. The molecular formula is C15H11NO4. The van der Waals surface area contributed by atoms with E-state index in [0.717, 1.165) is 0 Å². The molecule has 2 aliphatic heterocycles. The van der Waals surface area contributed by atoms with Crippen molar-refractivity contribution in [2.24, 2.45) is 0 Å². The molecule has 0 radical (unpaired) electrons. The van der Waals surface area contributed by atoms with Gasteiger partial charge in [0, 0.05) is 11.3 Å². The molecule has 2 atom stereocenters. The predicted octanol–water partition coefficient (Wildman–Crippen LogP) is 2.16. The number of carbonyl (C=O) groups is 2. The van der Waals surface area contributed by atoms with Crippen molar-refractivity contribution in [3.63, 3.8) is 0 Å². The van der Waals surface area contributed by atoms with E-state index in [4.69, 9.17) is 9.15 Å². The molecule has 1 spiro atoms. The molecule has 0 unspecified atom stereocenters. The monoisotopic (exact) mass is 269 g/mol. The van der Waals surface area contributed by atoms with Gasteiger partial charge in [0.05, 0.1) is 18.6 Å². The molecule has 5 nitrogen and oxygen atoms in total. The number of amides is 1. The maximum Gasteiger partial charge on any atom is 0.308 e. The van der Waals surface area contributed by atoms with Crippen LogP contribution in [0.5, 0.6) is 0 Å². The van der Waals surface area contributed by atoms with E-state index in [9.17, 15) is 9.59 Å². The van der Waals surface area contributed by atoms with Gasteiger partial charge in [0.1, 0.15) is 5.76 Å². The molecule has 1 aromatic carbocycles. The smallest absolute Gasteiger partial charge is 0.308 e. The largest absolute Gasteiger partial charge is 0.469 e. The van der Waals surface area contributed by atoms with E-state index in [1.54, 1.807) is 18.2 Å². The summed E-state index contributed by atoms with van der Waals surface area (Å²) in [5.41, 5.74) is 0.0759. The highest BCUT2D eigenvalue weighted by Gasteiger charge is 2.61. The first kappa shape index (κ1) is 11.3. The van der Waals surface area contributed by atoms with Crippen LogP contribution < -0.4 is 5.32 Å². The van der Waals surface area contributed by atoms with Crippen LogP contribution in [0.3, 0.4) is 0 Å². The predicted molar refractivity (Wildman–Crippen MR) is 68.9 cm³/mol. The number of carbonyl (C=O) groups excluding carboxylic acids is 2. The first-order valence-electron chi connectivity index (χ1n) is 6.38. The van der Waals surface area contributed by atoms with Gasteiger partial charge in [-0.3, -0.25) is 9.59 Å². The number of esters is 1. The zero-order valence-electron chi connectivity index (χ0n) is 10.5. The molecule has 2 aliphatic rings. The minimum atomic E-state index is -1.30. The molecule has 1 saturated heterocycles. The lowest BCUT2D eigenvalue weighted by Gasteiger charge is -2.25. The Hall–Kier alpha value is -2.56. The normalized spacial score (nSPS) is 27.5. The number of benzene rings is 1. The van der Waals surface area contributed by atoms with Crippen LogP contribution >= 0.6 is 0 Å². The fourth-order valence-electron chi connectivity index (χ4n) is 3.09. The van der Waals surface area contributed by atoms with Gasteiger partial charge >= 0.3 is 5.97 Å². The third-order valence-corrected chi connectivity index (χ3v) is 3.94. The maximum absolute atomic E-state index is 12.5. The van der Waals surface area contributed by atoms with Crippen molar-refractivity contribution in [2.75, 3.05) is 5.32 Å². The molecule has 3 heterocycles. The fourth-order valence-corrected chi connectivity index (χ4v) is 3.09. The van der Waals surface area contributed by atoms with E-state index >= 15 is 0 Å². The summed E-state index contributed by atoms with van der Waals surface area (Å²) in [4.78, 5) is 24.3. The SMILES string of the molecule is O=C1C[C@@H](c2ccco2)[C@@]2(O1)C(=O)Nc1ccccc12. The minimum absolute atomic E-state index is 0.134. The third kappa shape index (κ3) is 1.27. The number of ether oxygens (including phenoxy) is 1. The van der Waals surface area contributed by atoms with Gasteiger partial charge in [-0.1, -0.05) is 18.2 Å².